The Morgan fingerprint density at radius 1 is 1.14 bits per heavy atom. The maximum Gasteiger partial charge on any atom is 0.233 e. The average molecular weight is 403 g/mol. The predicted octanol–water partition coefficient (Wildman–Crippen LogP) is 4.74. The Bertz CT molecular complexity index is 828. The van der Waals surface area contributed by atoms with Crippen LogP contribution in [0.25, 0.3) is 11.4 Å². The molecular weight excluding hydrogens is 375 g/mol. The van der Waals surface area contributed by atoms with Crippen molar-refractivity contribution in [3.8, 4) is 11.4 Å². The number of nitrogens with one attached hydrogen (secondary N) is 1. The van der Waals surface area contributed by atoms with E-state index < -0.39 is 0 Å². The Balaban J connectivity index is 1.48. The fourth-order valence-electron chi connectivity index (χ4n) is 3.80. The van der Waals surface area contributed by atoms with Gasteiger partial charge in [-0.05, 0) is 44.7 Å². The van der Waals surface area contributed by atoms with Crippen molar-refractivity contribution in [2.75, 3.05) is 0 Å². The summed E-state index contributed by atoms with van der Waals surface area (Å²) in [6.45, 7) is 1.91. The van der Waals surface area contributed by atoms with Gasteiger partial charge in [0.2, 0.25) is 5.91 Å². The summed E-state index contributed by atoms with van der Waals surface area (Å²) in [5, 5.41) is 12.2. The molecule has 1 aromatic heterocycles. The number of hydrogen-bond donors (Lipinski definition) is 1. The first-order valence-corrected chi connectivity index (χ1v) is 11.2. The van der Waals surface area contributed by atoms with Crippen molar-refractivity contribution in [2.24, 2.45) is 0 Å². The quantitative estimate of drug-likeness (QED) is 0.560. The lowest BCUT2D eigenvalue weighted by atomic mass is 10.1. The van der Waals surface area contributed by atoms with Gasteiger partial charge < -0.3 is 5.32 Å². The molecule has 2 fully saturated rings. The third kappa shape index (κ3) is 4.40. The van der Waals surface area contributed by atoms with Gasteiger partial charge in [-0.15, -0.1) is 10.2 Å². The number of aromatic nitrogens is 3. The Labute approximate surface area is 169 Å². The van der Waals surface area contributed by atoms with Crippen molar-refractivity contribution < 1.29 is 9.18 Å². The number of amides is 1. The van der Waals surface area contributed by atoms with Crippen molar-refractivity contribution in [2.45, 2.75) is 80.8 Å². The molecule has 1 aromatic carbocycles. The summed E-state index contributed by atoms with van der Waals surface area (Å²) in [6, 6.07) is 7.23. The Morgan fingerprint density at radius 2 is 1.86 bits per heavy atom. The monoisotopic (exact) mass is 402 g/mol. The summed E-state index contributed by atoms with van der Waals surface area (Å²) >= 11 is 1.42. The van der Waals surface area contributed by atoms with Crippen molar-refractivity contribution in [1.29, 1.82) is 0 Å². The fourth-order valence-corrected chi connectivity index (χ4v) is 4.73. The first-order chi connectivity index (χ1) is 13.6. The van der Waals surface area contributed by atoms with Crippen LogP contribution in [0.2, 0.25) is 0 Å². The van der Waals surface area contributed by atoms with E-state index in [2.05, 4.69) is 15.5 Å². The van der Waals surface area contributed by atoms with Crippen LogP contribution in [0.4, 0.5) is 4.39 Å². The lowest BCUT2D eigenvalue weighted by Gasteiger charge is -2.19. The summed E-state index contributed by atoms with van der Waals surface area (Å²) in [7, 11) is 0. The molecule has 2 saturated carbocycles. The van der Waals surface area contributed by atoms with Gasteiger partial charge in [0.1, 0.15) is 5.82 Å². The highest BCUT2D eigenvalue weighted by Crippen LogP contribution is 2.42. The lowest BCUT2D eigenvalue weighted by Crippen LogP contribution is -2.39. The molecule has 4 rings (SSSR count). The maximum absolute atomic E-state index is 14.3. The van der Waals surface area contributed by atoms with Crippen LogP contribution in [0.3, 0.4) is 0 Å². The van der Waals surface area contributed by atoms with E-state index >= 15 is 0 Å². The second kappa shape index (κ2) is 8.64. The molecule has 7 heteroatoms. The molecule has 0 spiro atoms. The van der Waals surface area contributed by atoms with E-state index in [9.17, 15) is 9.18 Å². The van der Waals surface area contributed by atoms with E-state index in [1.54, 1.807) is 18.2 Å². The highest BCUT2D eigenvalue weighted by molar-refractivity contribution is 8.00. The first-order valence-electron chi connectivity index (χ1n) is 10.3. The highest BCUT2D eigenvalue weighted by Gasteiger charge is 2.32. The largest absolute Gasteiger partial charge is 0.352 e. The first kappa shape index (κ1) is 19.4. The zero-order chi connectivity index (χ0) is 19.5. The summed E-state index contributed by atoms with van der Waals surface area (Å²) in [4.78, 5) is 12.7. The minimum atomic E-state index is -0.299. The van der Waals surface area contributed by atoms with Crippen molar-refractivity contribution in [1.82, 2.24) is 20.1 Å². The van der Waals surface area contributed by atoms with Crippen molar-refractivity contribution in [3.05, 3.63) is 30.1 Å². The molecule has 0 unspecified atom stereocenters. The molecule has 1 N–H and O–H groups in total. The number of carbonyl (C=O) groups excluding carboxylic acids is 1. The summed E-state index contributed by atoms with van der Waals surface area (Å²) < 4.78 is 16.3. The topological polar surface area (TPSA) is 59.8 Å². The van der Waals surface area contributed by atoms with Gasteiger partial charge >= 0.3 is 0 Å². The molecule has 0 saturated heterocycles. The van der Waals surface area contributed by atoms with Crippen LogP contribution in [0.15, 0.2) is 29.4 Å². The minimum Gasteiger partial charge on any atom is -0.352 e. The lowest BCUT2D eigenvalue weighted by molar-refractivity contribution is -0.121. The van der Waals surface area contributed by atoms with E-state index in [1.807, 2.05) is 11.5 Å². The molecule has 2 aliphatic carbocycles. The number of nitrogens with zero attached hydrogens (tertiary/aromatic N) is 3. The van der Waals surface area contributed by atoms with E-state index in [0.29, 0.717) is 22.6 Å². The maximum atomic E-state index is 14.3. The molecule has 0 bridgehead atoms. The van der Waals surface area contributed by atoms with E-state index in [4.69, 9.17) is 0 Å². The second-order valence-corrected chi connectivity index (χ2v) is 9.15. The molecule has 2 aliphatic rings. The van der Waals surface area contributed by atoms with Crippen LogP contribution >= 0.6 is 11.8 Å². The van der Waals surface area contributed by atoms with Crippen LogP contribution in [-0.2, 0) is 4.79 Å². The number of carbonyl (C=O) groups is 1. The van der Waals surface area contributed by atoms with Crippen LogP contribution in [-0.4, -0.2) is 32.0 Å². The van der Waals surface area contributed by atoms with Gasteiger partial charge in [-0.25, -0.2) is 4.39 Å². The van der Waals surface area contributed by atoms with Gasteiger partial charge in [0.15, 0.2) is 11.0 Å². The van der Waals surface area contributed by atoms with Gasteiger partial charge in [-0.2, -0.15) is 0 Å². The van der Waals surface area contributed by atoms with Crippen LogP contribution in [0, 0.1) is 5.82 Å². The Hall–Kier alpha value is -1.89. The van der Waals surface area contributed by atoms with Crippen molar-refractivity contribution >= 4 is 17.7 Å². The molecule has 28 heavy (non-hydrogen) atoms. The third-order valence-corrected chi connectivity index (χ3v) is 6.60. The summed E-state index contributed by atoms with van der Waals surface area (Å²) in [5.41, 5.74) is 0.462. The summed E-state index contributed by atoms with van der Waals surface area (Å²) in [5.74, 6) is 0.307. The van der Waals surface area contributed by atoms with Crippen LogP contribution in [0.5, 0.6) is 0 Å². The molecule has 150 valence electrons. The predicted molar refractivity (Wildman–Crippen MR) is 109 cm³/mol. The normalized spacial score (nSPS) is 19.2. The number of halogens is 1. The SMILES string of the molecule is C[C@H](Sc1nnc(-c2ccccc2F)n1C1CC1)C(=O)NC1CCCCCC1. The van der Waals surface area contributed by atoms with E-state index in [1.165, 1.54) is 43.5 Å². The second-order valence-electron chi connectivity index (χ2n) is 7.84. The molecular formula is C21H27FN4OS. The molecule has 5 nitrogen and oxygen atoms in total. The zero-order valence-electron chi connectivity index (χ0n) is 16.2. The van der Waals surface area contributed by atoms with Gasteiger partial charge in [-0.1, -0.05) is 49.6 Å². The van der Waals surface area contributed by atoms with E-state index in [-0.39, 0.29) is 23.0 Å². The smallest absolute Gasteiger partial charge is 0.233 e. The minimum absolute atomic E-state index is 0.0506. The van der Waals surface area contributed by atoms with Crippen LogP contribution in [0.1, 0.15) is 64.3 Å². The number of rotatable bonds is 6. The van der Waals surface area contributed by atoms with Gasteiger partial charge in [0.25, 0.3) is 0 Å². The zero-order valence-corrected chi connectivity index (χ0v) is 17.1. The van der Waals surface area contributed by atoms with Gasteiger partial charge in [0, 0.05) is 12.1 Å². The molecule has 1 atom stereocenters. The highest BCUT2D eigenvalue weighted by atomic mass is 32.2. The molecule has 0 radical (unpaired) electrons. The molecule has 1 amide bonds. The third-order valence-electron chi connectivity index (χ3n) is 5.54. The van der Waals surface area contributed by atoms with Crippen LogP contribution < -0.4 is 5.32 Å². The average Bonchev–Trinajstić information content (AvgIpc) is 3.48. The molecule has 2 aromatic rings. The summed E-state index contributed by atoms with van der Waals surface area (Å²) in [6.07, 6.45) is 9.12. The molecule has 1 heterocycles. The fraction of sp³-hybridized carbons (Fsp3) is 0.571. The van der Waals surface area contributed by atoms with E-state index in [0.717, 1.165) is 25.7 Å². The Morgan fingerprint density at radius 3 is 2.54 bits per heavy atom. The molecule has 0 aliphatic heterocycles. The van der Waals surface area contributed by atoms with Crippen molar-refractivity contribution in [3.63, 3.8) is 0 Å². The van der Waals surface area contributed by atoms with Gasteiger partial charge in [-0.3, -0.25) is 9.36 Å². The standard InChI is InChI=1S/C21H27FN4OS/c1-14(20(27)23-15-8-4-2-3-5-9-15)28-21-25-24-19(26(21)16-12-13-16)17-10-6-7-11-18(17)22/h6-7,10-11,14-16H,2-5,8-9,12-13H2,1H3,(H,23,27)/t14-/m0/s1. The number of hydrogen-bond acceptors (Lipinski definition) is 4. The van der Waals surface area contributed by atoms with Gasteiger partial charge in [0.05, 0.1) is 10.8 Å². The Kier molecular flexibility index (Phi) is 5.99. The number of thioether (sulfide) groups is 1. The number of benzene rings is 1.